The Morgan fingerprint density at radius 2 is 1.96 bits per heavy atom. The van der Waals surface area contributed by atoms with Gasteiger partial charge in [-0.25, -0.2) is 4.79 Å². The van der Waals surface area contributed by atoms with Crippen LogP contribution in [-0.4, -0.2) is 39.0 Å². The minimum absolute atomic E-state index is 0.326. The number of ether oxygens (including phenoxy) is 1. The maximum Gasteiger partial charge on any atom is 0.410 e. The molecule has 1 aromatic heterocycles. The second-order valence-corrected chi connectivity index (χ2v) is 10.8. The zero-order valence-electron chi connectivity index (χ0n) is 14.6. The van der Waals surface area contributed by atoms with E-state index in [9.17, 15) is 9.35 Å². The van der Waals surface area contributed by atoms with Gasteiger partial charge in [0.25, 0.3) is 0 Å². The molecule has 0 spiro atoms. The van der Waals surface area contributed by atoms with Crippen LogP contribution in [0, 0.1) is 0 Å². The summed E-state index contributed by atoms with van der Waals surface area (Å²) >= 11 is 0.400. The smallest absolute Gasteiger partial charge is 0.410 e. The molecule has 1 fully saturated rings. The summed E-state index contributed by atoms with van der Waals surface area (Å²) in [6.45, 7) is 12.3. The molecule has 1 saturated heterocycles. The van der Waals surface area contributed by atoms with Gasteiger partial charge in [-0.15, -0.1) is 16.1 Å². The van der Waals surface area contributed by atoms with Gasteiger partial charge in [-0.2, -0.15) is 0 Å². The van der Waals surface area contributed by atoms with Crippen molar-refractivity contribution in [2.45, 2.75) is 57.4 Å². The first-order valence-electron chi connectivity index (χ1n) is 7.65. The Morgan fingerprint density at radius 3 is 2.39 bits per heavy atom. The molecule has 1 atom stereocenters. The Labute approximate surface area is 145 Å². The second kappa shape index (κ2) is 6.27. The van der Waals surface area contributed by atoms with Crippen molar-refractivity contribution in [1.82, 2.24) is 9.62 Å². The topological polar surface area (TPSA) is 64.6 Å². The first-order valence-corrected chi connectivity index (χ1v) is 9.68. The van der Waals surface area contributed by atoms with E-state index in [2.05, 4.69) is 4.72 Å². The lowest BCUT2D eigenvalue weighted by atomic mass is 9.90. The van der Waals surface area contributed by atoms with E-state index in [0.29, 0.717) is 13.1 Å². The highest BCUT2D eigenvalue weighted by Crippen LogP contribution is 2.37. The molecule has 1 unspecified atom stereocenters. The van der Waals surface area contributed by atoms with Crippen molar-refractivity contribution < 1.29 is 14.1 Å². The number of hydrogen-bond donors (Lipinski definition) is 1. The van der Waals surface area contributed by atoms with Crippen LogP contribution in [0.1, 0.15) is 46.4 Å². The van der Waals surface area contributed by atoms with E-state index in [-0.39, 0.29) is 10.8 Å². The SMILES string of the molecule is CC(C)(C)OC(=O)N1CC(N[S+]([O-])C(C)(C)C)(c2cccs2)C1. The van der Waals surface area contributed by atoms with Gasteiger partial charge in [0, 0.05) is 16.2 Å². The zero-order valence-corrected chi connectivity index (χ0v) is 16.3. The minimum Gasteiger partial charge on any atom is -0.598 e. The summed E-state index contributed by atoms with van der Waals surface area (Å²) < 4.78 is 20.8. The summed E-state index contributed by atoms with van der Waals surface area (Å²) in [7, 11) is 0. The van der Waals surface area contributed by atoms with E-state index >= 15 is 0 Å². The molecule has 130 valence electrons. The van der Waals surface area contributed by atoms with Crippen LogP contribution in [0.2, 0.25) is 0 Å². The summed E-state index contributed by atoms with van der Waals surface area (Å²) in [6, 6.07) is 3.99. The molecule has 2 heterocycles. The standard InChI is InChI=1S/C16H26N2O3S2/c1-14(2,3)21-13(19)18-10-16(11-18,12-8-7-9-22-12)17-23(20)15(4,5)6/h7-9,17H,10-11H2,1-6H3. The Morgan fingerprint density at radius 1 is 1.35 bits per heavy atom. The largest absolute Gasteiger partial charge is 0.598 e. The first-order chi connectivity index (χ1) is 10.4. The van der Waals surface area contributed by atoms with Gasteiger partial charge in [0.1, 0.15) is 15.9 Å². The van der Waals surface area contributed by atoms with Crippen LogP contribution >= 0.6 is 11.3 Å². The van der Waals surface area contributed by atoms with Gasteiger partial charge in [-0.05, 0) is 53.0 Å². The summed E-state index contributed by atoms with van der Waals surface area (Å²) in [5.74, 6) is 0. The van der Waals surface area contributed by atoms with Crippen LogP contribution in [0.3, 0.4) is 0 Å². The number of carbonyl (C=O) groups is 1. The Bertz CT molecular complexity index is 541. The molecule has 0 aliphatic carbocycles. The van der Waals surface area contributed by atoms with Crippen molar-refractivity contribution in [3.05, 3.63) is 22.4 Å². The molecule has 0 aromatic carbocycles. The third-order valence-electron chi connectivity index (χ3n) is 3.41. The predicted octanol–water partition coefficient (Wildman–Crippen LogP) is 3.25. The van der Waals surface area contributed by atoms with E-state index in [1.165, 1.54) is 0 Å². The zero-order chi connectivity index (χ0) is 17.5. The van der Waals surface area contributed by atoms with Gasteiger partial charge in [-0.1, -0.05) is 6.07 Å². The Hall–Kier alpha value is -0.760. The molecule has 5 nitrogen and oxygen atoms in total. The normalized spacial score (nSPS) is 19.2. The first kappa shape index (κ1) is 18.6. The van der Waals surface area contributed by atoms with Crippen molar-refractivity contribution in [2.75, 3.05) is 13.1 Å². The van der Waals surface area contributed by atoms with Crippen molar-refractivity contribution in [3.8, 4) is 0 Å². The van der Waals surface area contributed by atoms with Crippen molar-refractivity contribution in [2.24, 2.45) is 0 Å². The lowest BCUT2D eigenvalue weighted by molar-refractivity contribution is -0.0119. The number of rotatable bonds is 3. The van der Waals surface area contributed by atoms with Gasteiger partial charge in [-0.3, -0.25) is 0 Å². The number of hydrogen-bond acceptors (Lipinski definition) is 5. The lowest BCUT2D eigenvalue weighted by Gasteiger charge is -2.49. The fourth-order valence-electron chi connectivity index (χ4n) is 2.21. The van der Waals surface area contributed by atoms with E-state index in [1.54, 1.807) is 16.2 Å². The average Bonchev–Trinajstić information content (AvgIpc) is 2.82. The van der Waals surface area contributed by atoms with Gasteiger partial charge < -0.3 is 14.2 Å². The highest BCUT2D eigenvalue weighted by molar-refractivity contribution is 7.90. The van der Waals surface area contributed by atoms with Crippen LogP contribution in [0.5, 0.6) is 0 Å². The molecule has 2 rings (SSSR count). The third kappa shape index (κ3) is 4.41. The van der Waals surface area contributed by atoms with E-state index < -0.39 is 22.5 Å². The van der Waals surface area contributed by atoms with E-state index in [1.807, 2.05) is 59.1 Å². The van der Waals surface area contributed by atoms with Gasteiger partial charge in [0.15, 0.2) is 0 Å². The average molecular weight is 359 g/mol. The molecule has 1 aliphatic heterocycles. The molecule has 0 radical (unpaired) electrons. The van der Waals surface area contributed by atoms with Crippen molar-refractivity contribution in [3.63, 3.8) is 0 Å². The number of nitrogens with one attached hydrogen (secondary N) is 1. The molecule has 1 N–H and O–H groups in total. The molecule has 1 aliphatic rings. The van der Waals surface area contributed by atoms with Gasteiger partial charge in [0.2, 0.25) is 0 Å². The number of likely N-dealkylation sites (tertiary alicyclic amines) is 1. The van der Waals surface area contributed by atoms with Crippen LogP contribution in [0.4, 0.5) is 4.79 Å². The van der Waals surface area contributed by atoms with Crippen LogP contribution in [-0.2, 0) is 21.6 Å². The second-order valence-electron chi connectivity index (χ2n) is 7.88. The minimum atomic E-state index is -1.21. The summed E-state index contributed by atoms with van der Waals surface area (Å²) in [5, 5.41) is 1.99. The molecule has 0 bridgehead atoms. The summed E-state index contributed by atoms with van der Waals surface area (Å²) in [4.78, 5) is 14.9. The quantitative estimate of drug-likeness (QED) is 0.843. The number of amides is 1. The number of thiophene rings is 1. The van der Waals surface area contributed by atoms with E-state index in [4.69, 9.17) is 4.74 Å². The van der Waals surface area contributed by atoms with Crippen LogP contribution in [0.15, 0.2) is 17.5 Å². The fraction of sp³-hybridized carbons (Fsp3) is 0.688. The molecule has 1 amide bonds. The predicted molar refractivity (Wildman–Crippen MR) is 94.8 cm³/mol. The Kier molecular flexibility index (Phi) is 5.07. The molecular formula is C16H26N2O3S2. The maximum absolute atomic E-state index is 12.5. The van der Waals surface area contributed by atoms with Crippen LogP contribution in [0.25, 0.3) is 0 Å². The van der Waals surface area contributed by atoms with Gasteiger partial charge in [0.05, 0.1) is 13.1 Å². The monoisotopic (exact) mass is 358 g/mol. The molecule has 7 heteroatoms. The molecule has 23 heavy (non-hydrogen) atoms. The third-order valence-corrected chi connectivity index (χ3v) is 6.17. The number of carbonyl (C=O) groups excluding carboxylic acids is 1. The lowest BCUT2D eigenvalue weighted by Crippen LogP contribution is -2.70. The molecule has 1 aromatic rings. The number of nitrogens with zero attached hydrogens (tertiary/aromatic N) is 1. The highest BCUT2D eigenvalue weighted by Gasteiger charge is 2.52. The summed E-state index contributed by atoms with van der Waals surface area (Å²) in [5.41, 5.74) is -0.969. The highest BCUT2D eigenvalue weighted by atomic mass is 32.2. The van der Waals surface area contributed by atoms with E-state index in [0.717, 1.165) is 4.88 Å². The fourth-order valence-corrected chi connectivity index (χ4v) is 4.04. The Balaban J connectivity index is 2.10. The summed E-state index contributed by atoms with van der Waals surface area (Å²) in [6.07, 6.45) is -0.326. The van der Waals surface area contributed by atoms with Crippen molar-refractivity contribution >= 4 is 28.8 Å². The molecule has 0 saturated carbocycles. The van der Waals surface area contributed by atoms with Crippen molar-refractivity contribution in [1.29, 1.82) is 0 Å². The van der Waals surface area contributed by atoms with Gasteiger partial charge >= 0.3 is 6.09 Å². The maximum atomic E-state index is 12.5. The van der Waals surface area contributed by atoms with Crippen LogP contribution < -0.4 is 4.72 Å². The molecular weight excluding hydrogens is 332 g/mol.